The van der Waals surface area contributed by atoms with Gasteiger partial charge in [0.05, 0.1) is 12.0 Å². The van der Waals surface area contributed by atoms with Gasteiger partial charge in [-0.05, 0) is 31.2 Å². The lowest BCUT2D eigenvalue weighted by Crippen LogP contribution is -2.20. The van der Waals surface area contributed by atoms with Crippen molar-refractivity contribution in [3.05, 3.63) is 18.2 Å². The molecule has 3 unspecified atom stereocenters. The van der Waals surface area contributed by atoms with E-state index in [0.717, 1.165) is 24.9 Å². The van der Waals surface area contributed by atoms with Crippen molar-refractivity contribution in [3.8, 4) is 0 Å². The van der Waals surface area contributed by atoms with Crippen molar-refractivity contribution in [1.82, 2.24) is 14.9 Å². The van der Waals surface area contributed by atoms with Crippen LogP contribution >= 0.6 is 0 Å². The van der Waals surface area contributed by atoms with E-state index in [1.165, 1.54) is 25.0 Å². The topological polar surface area (TPSA) is 29.9 Å². The molecule has 3 nitrogen and oxygen atoms in total. The summed E-state index contributed by atoms with van der Waals surface area (Å²) in [5, 5.41) is 3.39. The van der Waals surface area contributed by atoms with Crippen LogP contribution in [0.4, 0.5) is 0 Å². The Morgan fingerprint density at radius 3 is 2.88 bits per heavy atom. The molecule has 1 heterocycles. The normalized spacial score (nSPS) is 28.8. The number of imidazole rings is 1. The number of hydrogen-bond acceptors (Lipinski definition) is 2. The zero-order valence-corrected chi connectivity index (χ0v) is 11.3. The highest BCUT2D eigenvalue weighted by molar-refractivity contribution is 5.02. The minimum Gasteiger partial charge on any atom is -0.330 e. The SMILES string of the molecule is CCNCc1cncn1C1CCC(CC)C1C. The van der Waals surface area contributed by atoms with Gasteiger partial charge >= 0.3 is 0 Å². The van der Waals surface area contributed by atoms with E-state index in [1.54, 1.807) is 0 Å². The number of hydrogen-bond donors (Lipinski definition) is 1. The van der Waals surface area contributed by atoms with Gasteiger partial charge in [0.25, 0.3) is 0 Å². The molecule has 3 atom stereocenters. The summed E-state index contributed by atoms with van der Waals surface area (Å²) >= 11 is 0. The van der Waals surface area contributed by atoms with Crippen LogP contribution in [0.2, 0.25) is 0 Å². The van der Waals surface area contributed by atoms with Gasteiger partial charge in [0.2, 0.25) is 0 Å². The third kappa shape index (κ3) is 2.54. The molecule has 0 spiro atoms. The molecule has 1 aliphatic rings. The second kappa shape index (κ2) is 5.67. The van der Waals surface area contributed by atoms with Crippen molar-refractivity contribution in [2.24, 2.45) is 11.8 Å². The molecule has 0 aliphatic heterocycles. The summed E-state index contributed by atoms with van der Waals surface area (Å²) in [5.41, 5.74) is 1.33. The van der Waals surface area contributed by atoms with E-state index in [2.05, 4.69) is 35.6 Å². The van der Waals surface area contributed by atoms with Crippen molar-refractivity contribution in [1.29, 1.82) is 0 Å². The van der Waals surface area contributed by atoms with Gasteiger partial charge in [-0.3, -0.25) is 0 Å². The lowest BCUT2D eigenvalue weighted by molar-refractivity contribution is 0.323. The maximum absolute atomic E-state index is 4.33. The molecule has 3 heteroatoms. The van der Waals surface area contributed by atoms with Crippen molar-refractivity contribution in [2.75, 3.05) is 6.54 Å². The third-order valence-corrected chi connectivity index (χ3v) is 4.37. The molecule has 1 saturated carbocycles. The highest BCUT2D eigenvalue weighted by Gasteiger charge is 2.33. The van der Waals surface area contributed by atoms with E-state index < -0.39 is 0 Å². The molecular formula is C14H25N3. The monoisotopic (exact) mass is 235 g/mol. The number of aromatic nitrogens is 2. The van der Waals surface area contributed by atoms with Crippen molar-refractivity contribution in [3.63, 3.8) is 0 Å². The first-order chi connectivity index (χ1) is 8.27. The van der Waals surface area contributed by atoms with Crippen LogP contribution in [0.15, 0.2) is 12.5 Å². The second-order valence-electron chi connectivity index (χ2n) is 5.24. The highest BCUT2D eigenvalue weighted by atomic mass is 15.1. The van der Waals surface area contributed by atoms with Gasteiger partial charge in [-0.25, -0.2) is 4.98 Å². The van der Waals surface area contributed by atoms with E-state index in [-0.39, 0.29) is 0 Å². The van der Waals surface area contributed by atoms with Crippen LogP contribution in [-0.4, -0.2) is 16.1 Å². The Morgan fingerprint density at radius 2 is 2.24 bits per heavy atom. The van der Waals surface area contributed by atoms with Crippen molar-refractivity contribution in [2.45, 2.75) is 52.6 Å². The number of nitrogens with zero attached hydrogens (tertiary/aromatic N) is 2. The fourth-order valence-corrected chi connectivity index (χ4v) is 3.21. The molecule has 2 rings (SSSR count). The Kier molecular flexibility index (Phi) is 4.21. The molecule has 1 aromatic heterocycles. The molecule has 17 heavy (non-hydrogen) atoms. The largest absolute Gasteiger partial charge is 0.330 e. The Hall–Kier alpha value is -0.830. The molecule has 0 aromatic carbocycles. The van der Waals surface area contributed by atoms with Crippen LogP contribution in [0.3, 0.4) is 0 Å². The summed E-state index contributed by atoms with van der Waals surface area (Å²) in [6.45, 7) is 8.82. The summed E-state index contributed by atoms with van der Waals surface area (Å²) in [6.07, 6.45) is 8.03. The highest BCUT2D eigenvalue weighted by Crippen LogP contribution is 2.42. The molecule has 0 radical (unpaired) electrons. The Morgan fingerprint density at radius 1 is 1.41 bits per heavy atom. The minimum atomic E-state index is 0.663. The quantitative estimate of drug-likeness (QED) is 0.850. The molecule has 1 fully saturated rings. The van der Waals surface area contributed by atoms with Crippen molar-refractivity contribution >= 4 is 0 Å². The second-order valence-corrected chi connectivity index (χ2v) is 5.24. The molecular weight excluding hydrogens is 210 g/mol. The predicted octanol–water partition coefficient (Wildman–Crippen LogP) is 2.99. The Bertz CT molecular complexity index is 345. The lowest BCUT2D eigenvalue weighted by Gasteiger charge is -2.23. The zero-order chi connectivity index (χ0) is 12.3. The minimum absolute atomic E-state index is 0.663. The van der Waals surface area contributed by atoms with Gasteiger partial charge in [-0.1, -0.05) is 27.2 Å². The Balaban J connectivity index is 2.09. The van der Waals surface area contributed by atoms with Gasteiger partial charge in [0.1, 0.15) is 0 Å². The smallest absolute Gasteiger partial charge is 0.0951 e. The van der Waals surface area contributed by atoms with Gasteiger partial charge in [0, 0.05) is 18.8 Å². The number of rotatable bonds is 5. The number of nitrogens with one attached hydrogen (secondary N) is 1. The first-order valence-corrected chi connectivity index (χ1v) is 6.99. The maximum atomic E-state index is 4.33. The van der Waals surface area contributed by atoms with Gasteiger partial charge < -0.3 is 9.88 Å². The van der Waals surface area contributed by atoms with E-state index in [9.17, 15) is 0 Å². The summed E-state index contributed by atoms with van der Waals surface area (Å²) in [4.78, 5) is 4.33. The van der Waals surface area contributed by atoms with E-state index in [4.69, 9.17) is 0 Å². The summed E-state index contributed by atoms with van der Waals surface area (Å²) in [7, 11) is 0. The fourth-order valence-electron chi connectivity index (χ4n) is 3.21. The van der Waals surface area contributed by atoms with E-state index in [1.807, 2.05) is 12.5 Å². The average Bonchev–Trinajstić information content (AvgIpc) is 2.92. The molecule has 1 N–H and O–H groups in total. The van der Waals surface area contributed by atoms with E-state index in [0.29, 0.717) is 6.04 Å². The molecule has 96 valence electrons. The first-order valence-electron chi connectivity index (χ1n) is 6.99. The van der Waals surface area contributed by atoms with Crippen LogP contribution in [0, 0.1) is 11.8 Å². The molecule has 1 aliphatic carbocycles. The zero-order valence-electron chi connectivity index (χ0n) is 11.3. The molecule has 1 aromatic rings. The predicted molar refractivity (Wildman–Crippen MR) is 70.8 cm³/mol. The fraction of sp³-hybridized carbons (Fsp3) is 0.786. The Labute approximate surface area is 105 Å². The van der Waals surface area contributed by atoms with Gasteiger partial charge in [-0.2, -0.15) is 0 Å². The van der Waals surface area contributed by atoms with E-state index >= 15 is 0 Å². The van der Waals surface area contributed by atoms with Crippen LogP contribution in [0.25, 0.3) is 0 Å². The van der Waals surface area contributed by atoms with Crippen LogP contribution < -0.4 is 5.32 Å². The molecule has 0 amide bonds. The lowest BCUT2D eigenvalue weighted by atomic mass is 9.93. The van der Waals surface area contributed by atoms with Crippen molar-refractivity contribution < 1.29 is 0 Å². The summed E-state index contributed by atoms with van der Waals surface area (Å²) in [6, 6.07) is 0.663. The van der Waals surface area contributed by atoms with Crippen LogP contribution in [-0.2, 0) is 6.54 Å². The first kappa shape index (κ1) is 12.6. The van der Waals surface area contributed by atoms with Crippen LogP contribution in [0.1, 0.15) is 51.8 Å². The van der Waals surface area contributed by atoms with Crippen LogP contribution in [0.5, 0.6) is 0 Å². The molecule has 0 saturated heterocycles. The standard InChI is InChI=1S/C14H25N3/c1-4-12-6-7-14(11(12)3)17-10-16-9-13(17)8-15-5-2/h9-12,14-15H,4-8H2,1-3H3. The summed E-state index contributed by atoms with van der Waals surface area (Å²) in [5.74, 6) is 1.68. The van der Waals surface area contributed by atoms with Gasteiger partial charge in [0.15, 0.2) is 0 Å². The average molecular weight is 235 g/mol. The van der Waals surface area contributed by atoms with Gasteiger partial charge in [-0.15, -0.1) is 0 Å². The molecule has 0 bridgehead atoms. The third-order valence-electron chi connectivity index (χ3n) is 4.37. The maximum Gasteiger partial charge on any atom is 0.0951 e. The summed E-state index contributed by atoms with van der Waals surface area (Å²) < 4.78 is 2.41.